The third-order valence-corrected chi connectivity index (χ3v) is 6.19. The summed E-state index contributed by atoms with van der Waals surface area (Å²) in [6.07, 6.45) is 0.968. The van der Waals surface area contributed by atoms with Crippen molar-refractivity contribution in [3.05, 3.63) is 64.4 Å². The predicted molar refractivity (Wildman–Crippen MR) is 121 cm³/mol. The number of likely N-dealkylation sites (N-methyl/N-ethyl adjacent to an activating group) is 1. The monoisotopic (exact) mass is 513 g/mol. The van der Waals surface area contributed by atoms with Crippen molar-refractivity contribution >= 4 is 43.5 Å². The second kappa shape index (κ2) is 10.7. The van der Waals surface area contributed by atoms with Crippen LogP contribution >= 0.6 is 15.9 Å². The molecular weight excluding hydrogens is 489 g/mol. The van der Waals surface area contributed by atoms with Crippen LogP contribution in [0.15, 0.2) is 53.0 Å². The van der Waals surface area contributed by atoms with E-state index < -0.39 is 34.3 Å². The highest BCUT2D eigenvalue weighted by molar-refractivity contribution is 9.10. The van der Waals surface area contributed by atoms with Gasteiger partial charge in [-0.15, -0.1) is 0 Å². The second-order valence-corrected chi connectivity index (χ2v) is 9.79. The van der Waals surface area contributed by atoms with Gasteiger partial charge in [-0.2, -0.15) is 0 Å². The average Bonchev–Trinajstić information content (AvgIpc) is 2.70. The Bertz CT molecular complexity index is 1030. The lowest BCUT2D eigenvalue weighted by Crippen LogP contribution is -2.51. The SMILES string of the molecule is CCNC(=O)C(C)N(Cc1cccc(Br)c1)C(=O)CN(c1ccc(F)cc1)S(C)(=O)=O. The molecule has 7 nitrogen and oxygen atoms in total. The summed E-state index contributed by atoms with van der Waals surface area (Å²) in [5.41, 5.74) is 0.928. The molecule has 0 fully saturated rings. The Labute approximate surface area is 190 Å². The van der Waals surface area contributed by atoms with Crippen molar-refractivity contribution in [3.63, 3.8) is 0 Å². The van der Waals surface area contributed by atoms with E-state index in [-0.39, 0.29) is 18.1 Å². The number of anilines is 1. The molecule has 2 aromatic rings. The number of hydrogen-bond acceptors (Lipinski definition) is 4. The highest BCUT2D eigenvalue weighted by Gasteiger charge is 2.29. The van der Waals surface area contributed by atoms with Crippen molar-refractivity contribution in [2.24, 2.45) is 0 Å². The van der Waals surface area contributed by atoms with Crippen molar-refractivity contribution in [2.45, 2.75) is 26.4 Å². The minimum atomic E-state index is -3.84. The summed E-state index contributed by atoms with van der Waals surface area (Å²) in [4.78, 5) is 27.0. The molecule has 0 aliphatic heterocycles. The van der Waals surface area contributed by atoms with Gasteiger partial charge in [0.25, 0.3) is 0 Å². The molecule has 0 saturated carbocycles. The molecule has 31 heavy (non-hydrogen) atoms. The van der Waals surface area contributed by atoms with Crippen LogP contribution in [0.3, 0.4) is 0 Å². The van der Waals surface area contributed by atoms with E-state index in [0.717, 1.165) is 32.7 Å². The normalized spacial score (nSPS) is 12.2. The van der Waals surface area contributed by atoms with E-state index in [0.29, 0.717) is 6.54 Å². The van der Waals surface area contributed by atoms with E-state index in [1.54, 1.807) is 19.9 Å². The van der Waals surface area contributed by atoms with Gasteiger partial charge in [0.1, 0.15) is 18.4 Å². The number of benzene rings is 2. The number of rotatable bonds is 9. The second-order valence-electron chi connectivity index (χ2n) is 6.97. The van der Waals surface area contributed by atoms with Crippen LogP contribution in [0.2, 0.25) is 0 Å². The molecule has 0 aliphatic carbocycles. The summed E-state index contributed by atoms with van der Waals surface area (Å²) < 4.78 is 39.7. The lowest BCUT2D eigenvalue weighted by molar-refractivity contribution is -0.139. The summed E-state index contributed by atoms with van der Waals surface area (Å²) in [5, 5.41) is 2.68. The van der Waals surface area contributed by atoms with Crippen LogP contribution in [0.25, 0.3) is 0 Å². The number of carbonyl (C=O) groups excluding carboxylic acids is 2. The Kier molecular flexibility index (Phi) is 8.58. The summed E-state index contributed by atoms with van der Waals surface area (Å²) in [5.74, 6) is -1.43. The molecule has 1 N–H and O–H groups in total. The average molecular weight is 514 g/mol. The maximum Gasteiger partial charge on any atom is 0.244 e. The van der Waals surface area contributed by atoms with Crippen molar-refractivity contribution in [1.29, 1.82) is 0 Å². The Balaban J connectivity index is 2.37. The van der Waals surface area contributed by atoms with E-state index in [2.05, 4.69) is 21.2 Å². The van der Waals surface area contributed by atoms with E-state index >= 15 is 0 Å². The van der Waals surface area contributed by atoms with Crippen molar-refractivity contribution in [3.8, 4) is 0 Å². The molecule has 0 aliphatic rings. The van der Waals surface area contributed by atoms with Crippen LogP contribution in [0.5, 0.6) is 0 Å². The maximum absolute atomic E-state index is 13.3. The molecule has 10 heteroatoms. The van der Waals surface area contributed by atoms with E-state index in [9.17, 15) is 22.4 Å². The molecule has 0 heterocycles. The van der Waals surface area contributed by atoms with Gasteiger partial charge in [-0.25, -0.2) is 12.8 Å². The highest BCUT2D eigenvalue weighted by Crippen LogP contribution is 2.20. The quantitative estimate of drug-likeness (QED) is 0.558. The Morgan fingerprint density at radius 1 is 1.16 bits per heavy atom. The molecule has 2 rings (SSSR count). The van der Waals surface area contributed by atoms with Gasteiger partial charge in [0.15, 0.2) is 0 Å². The molecule has 1 unspecified atom stereocenters. The van der Waals surface area contributed by atoms with Crippen LogP contribution in [-0.4, -0.2) is 50.5 Å². The summed E-state index contributed by atoms with van der Waals surface area (Å²) in [6, 6.07) is 11.3. The minimum Gasteiger partial charge on any atom is -0.355 e. The third kappa shape index (κ3) is 7.03. The molecule has 168 valence electrons. The minimum absolute atomic E-state index is 0.109. The summed E-state index contributed by atoms with van der Waals surface area (Å²) in [7, 11) is -3.84. The largest absolute Gasteiger partial charge is 0.355 e. The van der Waals surface area contributed by atoms with Gasteiger partial charge in [-0.05, 0) is 55.8 Å². The number of amides is 2. The fraction of sp³-hybridized carbons (Fsp3) is 0.333. The first kappa shape index (κ1) is 24.8. The number of carbonyl (C=O) groups is 2. The molecule has 0 bridgehead atoms. The molecular formula is C21H25BrFN3O4S. The summed E-state index contributed by atoms with van der Waals surface area (Å²) in [6.45, 7) is 3.33. The first-order valence-electron chi connectivity index (χ1n) is 9.57. The number of halogens is 2. The van der Waals surface area contributed by atoms with Crippen LogP contribution in [-0.2, 0) is 26.2 Å². The van der Waals surface area contributed by atoms with Crippen LogP contribution in [0, 0.1) is 5.82 Å². The van der Waals surface area contributed by atoms with Gasteiger partial charge >= 0.3 is 0 Å². The highest BCUT2D eigenvalue weighted by atomic mass is 79.9. The van der Waals surface area contributed by atoms with Gasteiger partial charge in [0, 0.05) is 17.6 Å². The van der Waals surface area contributed by atoms with Crippen molar-refractivity contribution in [2.75, 3.05) is 23.7 Å². The third-order valence-electron chi connectivity index (χ3n) is 4.55. The molecule has 1 atom stereocenters. The van der Waals surface area contributed by atoms with Crippen LogP contribution < -0.4 is 9.62 Å². The maximum atomic E-state index is 13.3. The first-order valence-corrected chi connectivity index (χ1v) is 12.2. The first-order chi connectivity index (χ1) is 14.5. The Hall–Kier alpha value is -2.46. The fourth-order valence-electron chi connectivity index (χ4n) is 2.96. The standard InChI is InChI=1S/C21H25BrFN3O4S/c1-4-24-21(28)15(2)25(13-16-6-5-7-17(22)12-16)20(27)14-26(31(3,29)30)19-10-8-18(23)9-11-19/h5-12,15H,4,13-14H2,1-3H3,(H,24,28). The van der Waals surface area contributed by atoms with Crippen LogP contribution in [0.1, 0.15) is 19.4 Å². The van der Waals surface area contributed by atoms with E-state index in [1.807, 2.05) is 18.2 Å². The van der Waals surface area contributed by atoms with Crippen molar-refractivity contribution < 1.29 is 22.4 Å². The zero-order valence-corrected chi connectivity index (χ0v) is 19.9. The zero-order valence-electron chi connectivity index (χ0n) is 17.5. The molecule has 2 amide bonds. The van der Waals surface area contributed by atoms with Gasteiger partial charge in [0.05, 0.1) is 11.9 Å². The molecule has 0 spiro atoms. The molecule has 0 radical (unpaired) electrons. The van der Waals surface area contributed by atoms with Gasteiger partial charge in [-0.3, -0.25) is 13.9 Å². The van der Waals surface area contributed by atoms with Crippen molar-refractivity contribution in [1.82, 2.24) is 10.2 Å². The zero-order chi connectivity index (χ0) is 23.2. The Morgan fingerprint density at radius 3 is 2.35 bits per heavy atom. The fourth-order valence-corrected chi connectivity index (χ4v) is 4.25. The Morgan fingerprint density at radius 2 is 1.81 bits per heavy atom. The van der Waals surface area contributed by atoms with E-state index in [4.69, 9.17) is 0 Å². The lowest BCUT2D eigenvalue weighted by Gasteiger charge is -2.31. The molecule has 0 saturated heterocycles. The molecule has 2 aromatic carbocycles. The van der Waals surface area contributed by atoms with Gasteiger partial charge < -0.3 is 10.2 Å². The van der Waals surface area contributed by atoms with Gasteiger partial charge in [-0.1, -0.05) is 28.1 Å². The smallest absolute Gasteiger partial charge is 0.244 e. The number of nitrogens with zero attached hydrogens (tertiary/aromatic N) is 2. The predicted octanol–water partition coefficient (Wildman–Crippen LogP) is 2.91. The number of nitrogens with one attached hydrogen (secondary N) is 1. The van der Waals surface area contributed by atoms with Gasteiger partial charge in [0.2, 0.25) is 21.8 Å². The van der Waals surface area contributed by atoms with Crippen LogP contribution in [0.4, 0.5) is 10.1 Å². The molecule has 0 aromatic heterocycles. The summed E-state index contributed by atoms with van der Waals surface area (Å²) >= 11 is 3.38. The number of hydrogen-bond donors (Lipinski definition) is 1. The number of sulfonamides is 1. The topological polar surface area (TPSA) is 86.8 Å². The lowest BCUT2D eigenvalue weighted by atomic mass is 10.1. The van der Waals surface area contributed by atoms with E-state index in [1.165, 1.54) is 17.0 Å².